The average molecular weight is 2050 g/mol. The van der Waals surface area contributed by atoms with Crippen LogP contribution in [0.5, 0.6) is 28.7 Å². The first-order valence-corrected chi connectivity index (χ1v) is 42.0. The summed E-state index contributed by atoms with van der Waals surface area (Å²) in [6.07, 6.45) is -7.02. The Kier molecular flexibility index (Phi) is 93.1. The molecule has 2 fully saturated rings. The van der Waals surface area contributed by atoms with Crippen molar-refractivity contribution in [1.29, 1.82) is 21.0 Å². The van der Waals surface area contributed by atoms with Gasteiger partial charge in [-0.25, -0.2) is 14.4 Å². The first-order valence-electron chi connectivity index (χ1n) is 38.4. The molecule has 5 aromatic carbocycles. The van der Waals surface area contributed by atoms with Gasteiger partial charge in [0.25, 0.3) is 18.3 Å². The molecule has 41 nitrogen and oxygen atoms in total. The number of aliphatic hydroxyl groups excluding tert-OH is 5. The normalized spacial score (nSPS) is 12.5. The van der Waals surface area contributed by atoms with Crippen molar-refractivity contribution in [3.63, 3.8) is 0 Å². The third-order valence-corrected chi connectivity index (χ3v) is 16.7. The van der Waals surface area contributed by atoms with Gasteiger partial charge in [-0.05, 0) is 172 Å². The number of nitrogens with two attached hydrogens (primary N) is 2. The largest absolute Gasteiger partial charge is 1.00 e. The average Bonchev–Trinajstić information content (AvgIpc) is 1.33. The number of rotatable bonds is 46. The summed E-state index contributed by atoms with van der Waals surface area (Å²) in [4.78, 5) is 89.6. The van der Waals surface area contributed by atoms with Gasteiger partial charge in [-0.3, -0.25) is 24.0 Å². The molecule has 0 bridgehead atoms. The number of alkyl halides is 6. The minimum Gasteiger partial charge on any atom is -1.00 e. The minimum absolute atomic E-state index is 0. The maximum atomic E-state index is 12.0. The first-order chi connectivity index (χ1) is 62.4. The van der Waals surface area contributed by atoms with Crippen LogP contribution in [0.1, 0.15) is 86.8 Å². The molecular formula is C80H107F6K2N10NaO31S4. The molecule has 0 aromatic heterocycles. The van der Waals surface area contributed by atoms with E-state index < -0.39 is 63.8 Å². The number of carbonyl (C=O) groups excluding carboxylic acids is 7. The number of thioether (sulfide) groups is 4. The molecule has 15 N–H and O–H groups in total. The van der Waals surface area contributed by atoms with Crippen molar-refractivity contribution in [3.05, 3.63) is 149 Å². The number of aromatic carboxylic acids is 1. The number of ether oxygens (including phenoxy) is 14. The number of nitrogens with one attached hydrogen (secondary N) is 4. The van der Waals surface area contributed by atoms with Gasteiger partial charge in [0.05, 0.1) is 102 Å². The zero-order valence-electron chi connectivity index (χ0n) is 75.2. The second-order valence-corrected chi connectivity index (χ2v) is 27.4. The van der Waals surface area contributed by atoms with Crippen LogP contribution in [0.15, 0.2) is 121 Å². The molecule has 5 atom stereocenters. The fraction of sp³-hybridized carbons (Fsp3) is 0.475. The molecule has 134 heavy (non-hydrogen) atoms. The zero-order chi connectivity index (χ0) is 97.6. The van der Waals surface area contributed by atoms with Crippen molar-refractivity contribution in [2.24, 2.45) is 11.5 Å². The van der Waals surface area contributed by atoms with Gasteiger partial charge in [0.1, 0.15) is 83.4 Å². The van der Waals surface area contributed by atoms with Crippen molar-refractivity contribution < 1.29 is 311 Å². The number of carboxylic acid groups (broad SMARTS) is 1. The molecule has 5 unspecified atom stereocenters. The van der Waals surface area contributed by atoms with Gasteiger partial charge in [0.2, 0.25) is 0 Å². The SMILES string of the molecule is CC1CCCO1.CCOC(=O)c1cccc(OCC(OCCO)SC#N)c1.CCOC(=O)c1cccc(OCC2OCCO2)c1.CO.N#CSC(COc1cccc(C(=O)NCCN)c1)OCCO.N#CSC(COc1cccc(C(=O)NCCNC(=O)C(F)(F)F)c1)OCCO.N#CSC(COc1cccc(C(=O)O)c1)OCCO.NCCNC(=O)C(F)(F)F.O=CO[O-].[H-].[K+].[K+].[Na+].[OH-]. The molecule has 2 heterocycles. The topological polar surface area (TPSA) is 645 Å². The van der Waals surface area contributed by atoms with E-state index in [0.717, 1.165) is 60.8 Å². The second-order valence-electron chi connectivity index (χ2n) is 23.7. The summed E-state index contributed by atoms with van der Waals surface area (Å²) in [5.41, 5.74) is 9.65. The van der Waals surface area contributed by atoms with Crippen LogP contribution in [0, 0.1) is 42.7 Å². The molecule has 732 valence electrons. The van der Waals surface area contributed by atoms with Crippen molar-refractivity contribution in [3.8, 4) is 50.4 Å². The zero-order valence-corrected chi connectivity index (χ0v) is 85.8. The maximum Gasteiger partial charge on any atom is 1.00 e. The molecule has 2 saturated heterocycles. The number of hydrogen-bond donors (Lipinski definition) is 12. The summed E-state index contributed by atoms with van der Waals surface area (Å²) in [5.74, 6) is -4.34. The van der Waals surface area contributed by atoms with Gasteiger partial charge in [-0.15, -0.1) is 0 Å². The van der Waals surface area contributed by atoms with Gasteiger partial charge in [0.15, 0.2) is 28.0 Å². The predicted octanol–water partition coefficient (Wildman–Crippen LogP) is -4.15. The van der Waals surface area contributed by atoms with Crippen LogP contribution in [0.2, 0.25) is 0 Å². The first kappa shape index (κ1) is 138. The van der Waals surface area contributed by atoms with E-state index in [1.54, 1.807) is 115 Å². The van der Waals surface area contributed by atoms with E-state index in [2.05, 4.69) is 22.4 Å². The van der Waals surface area contributed by atoms with Crippen LogP contribution in [-0.2, 0) is 61.9 Å². The Balaban J connectivity index is -0.000000286. The summed E-state index contributed by atoms with van der Waals surface area (Å²) in [5, 5.41) is 110. The Bertz CT molecular complexity index is 4170. The molecule has 0 aliphatic carbocycles. The smallest absolute Gasteiger partial charge is 1.00 e. The maximum absolute atomic E-state index is 12.0. The van der Waals surface area contributed by atoms with Gasteiger partial charge < -0.3 is 147 Å². The Morgan fingerprint density at radius 1 is 0.507 bits per heavy atom. The van der Waals surface area contributed by atoms with Crippen molar-refractivity contribution >= 4 is 95.1 Å². The minimum atomic E-state index is -4.97. The van der Waals surface area contributed by atoms with Crippen LogP contribution >= 0.6 is 47.0 Å². The number of nitrogens with zero attached hydrogens (tertiary/aromatic N) is 4. The van der Waals surface area contributed by atoms with Crippen LogP contribution in [0.25, 0.3) is 0 Å². The second kappa shape index (κ2) is 90.3. The Morgan fingerprint density at radius 2 is 0.799 bits per heavy atom. The van der Waals surface area contributed by atoms with E-state index in [0.29, 0.717) is 97.7 Å². The molecule has 0 saturated carbocycles. The number of aliphatic hydroxyl groups is 5. The molecule has 0 radical (unpaired) electrons. The van der Waals surface area contributed by atoms with E-state index >= 15 is 0 Å². The van der Waals surface area contributed by atoms with Gasteiger partial charge >= 0.3 is 174 Å². The van der Waals surface area contributed by atoms with E-state index in [4.69, 9.17) is 140 Å². The summed E-state index contributed by atoms with van der Waals surface area (Å²) >= 11 is 3.52. The van der Waals surface area contributed by atoms with E-state index in [1.165, 1.54) is 43.2 Å². The van der Waals surface area contributed by atoms with Crippen molar-refractivity contribution in [2.45, 2.75) is 80.1 Å². The number of thiocyanates is 4. The number of nitriles is 4. The van der Waals surface area contributed by atoms with E-state index in [-0.39, 0.29) is 280 Å². The predicted molar refractivity (Wildman–Crippen MR) is 458 cm³/mol. The fourth-order valence-corrected chi connectivity index (χ4v) is 10.3. The molecule has 54 heteroatoms. The third kappa shape index (κ3) is 71.8. The quantitative estimate of drug-likeness (QED) is 0.00202. The molecule has 4 amide bonds. The Labute approximate surface area is 895 Å². The van der Waals surface area contributed by atoms with Gasteiger partial charge in [-0.2, -0.15) is 47.4 Å². The fourth-order valence-electron chi connectivity index (χ4n) is 8.66. The van der Waals surface area contributed by atoms with Gasteiger partial charge in [0, 0.05) is 64.1 Å². The van der Waals surface area contributed by atoms with Crippen LogP contribution in [0.3, 0.4) is 0 Å². The van der Waals surface area contributed by atoms with Crippen LogP contribution in [-0.4, -0.2) is 296 Å². The number of hydrogen-bond acceptors (Lipinski definition) is 40. The van der Waals surface area contributed by atoms with Crippen molar-refractivity contribution in [1.82, 2.24) is 21.3 Å². The number of carboxylic acids is 1. The standard InChI is InChI=1S/C16H18F3N3O5S.C14H19N3O4S.C14H17NO5S.C13H16O5.C12H13NO5S.C5H10O.C4H7F3N2O.CH2O3.CH4O.2K.Na.H2O.H/c17-16(18,19)15(25)22-5-4-21-14(24)11-2-1-3-12(8-11)27-9-13(28-10-20)26-7-6-23;15-4-5-17-14(19)11-2-1-3-12(8-11)21-9-13(22-10-16)20-7-6-18;1-2-18-14(17)11-4-3-5-12(8-11)20-9-13(21-10-15)19-7-6-16;1-2-15-13(14)10-4-3-5-11(8-10)18-9-12-16-6-7-17-12;13-8-19-11(17-5-4-14)7-18-10-3-1-2-9(6-10)12(15)16;1-5-3-2-4-6-5;5-4(6,7)3(10)9-2-1-8;2-1-4-3;1-2;;;;;/h1-3,8,13,23H,4-7,9H2,(H,21,24)(H,22,25);1-3,8,13,18H,4-7,9,15H2,(H,17,19);3-5,8,13,16H,2,6-7,9H2,1H3;3-5,8,12H,2,6-7,9H2,1H3;1-3,6,11,14H,4-5,7H2,(H,15,16);5H,2-4H2,1H3;1-2,8H2,(H,9,10);1,3H;2H,1H3;;;;1H2;/q;;;;;;;;;3*+1;;-1/p-2. The summed E-state index contributed by atoms with van der Waals surface area (Å²) in [6.45, 7) is 8.79. The molecule has 2 aliphatic heterocycles. The summed E-state index contributed by atoms with van der Waals surface area (Å²) in [7, 11) is 1.00. The number of amides is 4. The molecular weight excluding hydrogens is 1940 g/mol. The summed E-state index contributed by atoms with van der Waals surface area (Å²) < 4.78 is 144. The third-order valence-electron chi connectivity index (χ3n) is 14.2. The van der Waals surface area contributed by atoms with Crippen LogP contribution in [0.4, 0.5) is 26.3 Å². The van der Waals surface area contributed by atoms with Crippen LogP contribution < -0.4 is 194 Å². The molecule has 0 spiro atoms. The number of benzene rings is 5. The van der Waals surface area contributed by atoms with E-state index in [1.807, 2.05) is 21.6 Å². The van der Waals surface area contributed by atoms with Gasteiger partial charge in [-0.1, -0.05) is 30.3 Å². The monoisotopic (exact) mass is 2050 g/mol. The van der Waals surface area contributed by atoms with E-state index in [9.17, 15) is 59.9 Å². The summed E-state index contributed by atoms with van der Waals surface area (Å²) in [6, 6.07) is 32.1. The van der Waals surface area contributed by atoms with Crippen molar-refractivity contribution in [2.75, 3.05) is 165 Å². The molecule has 5 aromatic rings. The molecule has 2 aliphatic rings. The number of halogens is 6. The number of carbonyl (C=O) groups is 8. The number of esters is 2. The Hall–Kier alpha value is -6.57. The molecule has 7 rings (SSSR count). The Morgan fingerprint density at radius 3 is 1.07 bits per heavy atom.